The van der Waals surface area contributed by atoms with Gasteiger partial charge in [-0.05, 0) is 24.3 Å². The first-order valence-corrected chi connectivity index (χ1v) is 10.0. The SMILES string of the molecule is CCC(C)C(NC(=O)C(N)CCSC)C(=O)NCC(=O)NC(CO)C(=O)O. The molecule has 7 N–H and O–H groups in total. The van der Waals surface area contributed by atoms with E-state index in [1.165, 1.54) is 0 Å². The van der Waals surface area contributed by atoms with Crippen molar-refractivity contribution in [3.8, 4) is 0 Å². The van der Waals surface area contributed by atoms with Gasteiger partial charge in [-0.3, -0.25) is 14.4 Å². The zero-order chi connectivity index (χ0) is 21.0. The summed E-state index contributed by atoms with van der Waals surface area (Å²) < 4.78 is 0. The van der Waals surface area contributed by atoms with Crippen LogP contribution in [0.2, 0.25) is 0 Å². The van der Waals surface area contributed by atoms with Gasteiger partial charge in [-0.1, -0.05) is 20.3 Å². The molecule has 0 aromatic rings. The Morgan fingerprint density at radius 1 is 1.15 bits per heavy atom. The number of carbonyl (C=O) groups is 4. The summed E-state index contributed by atoms with van der Waals surface area (Å²) in [5, 5.41) is 24.7. The summed E-state index contributed by atoms with van der Waals surface area (Å²) in [6.45, 7) is 2.39. The minimum Gasteiger partial charge on any atom is -0.480 e. The summed E-state index contributed by atoms with van der Waals surface area (Å²) in [7, 11) is 0. The predicted octanol–water partition coefficient (Wildman–Crippen LogP) is -1.72. The number of hydrogen-bond acceptors (Lipinski definition) is 7. The molecule has 0 aliphatic heterocycles. The van der Waals surface area contributed by atoms with Crippen LogP contribution in [-0.4, -0.2) is 77.2 Å². The summed E-state index contributed by atoms with van der Waals surface area (Å²) >= 11 is 1.56. The Morgan fingerprint density at radius 2 is 1.78 bits per heavy atom. The molecule has 3 amide bonds. The molecule has 10 nitrogen and oxygen atoms in total. The molecule has 0 heterocycles. The second-order valence-electron chi connectivity index (χ2n) is 6.12. The molecule has 4 unspecified atom stereocenters. The Bertz CT molecular complexity index is 519. The lowest BCUT2D eigenvalue weighted by molar-refractivity contribution is -0.142. The van der Waals surface area contributed by atoms with Gasteiger partial charge in [-0.15, -0.1) is 0 Å². The van der Waals surface area contributed by atoms with E-state index in [-0.39, 0.29) is 5.92 Å². The second-order valence-corrected chi connectivity index (χ2v) is 7.10. The third-order valence-electron chi connectivity index (χ3n) is 4.00. The molecular weight excluding hydrogens is 376 g/mol. The molecular formula is C16H30N4O6S. The number of thioether (sulfide) groups is 1. The van der Waals surface area contributed by atoms with Crippen LogP contribution in [0.4, 0.5) is 0 Å². The molecule has 0 spiro atoms. The van der Waals surface area contributed by atoms with E-state index in [1.54, 1.807) is 18.7 Å². The topological polar surface area (TPSA) is 171 Å². The summed E-state index contributed by atoms with van der Waals surface area (Å²) in [6, 6.07) is -3.06. The van der Waals surface area contributed by atoms with E-state index in [0.29, 0.717) is 18.6 Å². The van der Waals surface area contributed by atoms with E-state index in [0.717, 1.165) is 0 Å². The van der Waals surface area contributed by atoms with Crippen molar-refractivity contribution >= 4 is 35.5 Å². The Hall–Kier alpha value is -1.85. The van der Waals surface area contributed by atoms with Crippen LogP contribution in [0.5, 0.6) is 0 Å². The highest BCUT2D eigenvalue weighted by atomic mass is 32.2. The highest BCUT2D eigenvalue weighted by molar-refractivity contribution is 7.98. The Labute approximate surface area is 163 Å². The number of aliphatic hydroxyl groups excluding tert-OH is 1. The van der Waals surface area contributed by atoms with E-state index in [4.69, 9.17) is 15.9 Å². The molecule has 27 heavy (non-hydrogen) atoms. The first kappa shape index (κ1) is 25.1. The standard InChI is InChI=1S/C16H30N4O6S/c1-4-9(2)13(20-14(23)10(17)5-6-27-3)15(24)18-7-12(22)19-11(8-21)16(25)26/h9-11,13,21H,4-8,17H2,1-3H3,(H,18,24)(H,19,22)(H,20,23)(H,25,26). The molecule has 0 rings (SSSR count). The van der Waals surface area contributed by atoms with Gasteiger partial charge in [0.05, 0.1) is 19.2 Å². The van der Waals surface area contributed by atoms with Gasteiger partial charge < -0.3 is 31.9 Å². The van der Waals surface area contributed by atoms with Crippen LogP contribution in [0.1, 0.15) is 26.7 Å². The van der Waals surface area contributed by atoms with Gasteiger partial charge in [0.15, 0.2) is 0 Å². The van der Waals surface area contributed by atoms with Crippen molar-refractivity contribution < 1.29 is 29.4 Å². The van der Waals surface area contributed by atoms with Crippen LogP contribution in [0.25, 0.3) is 0 Å². The van der Waals surface area contributed by atoms with Crippen LogP contribution in [0.15, 0.2) is 0 Å². The third kappa shape index (κ3) is 9.59. The van der Waals surface area contributed by atoms with Gasteiger partial charge in [0.1, 0.15) is 12.1 Å². The number of nitrogens with one attached hydrogen (secondary N) is 3. The van der Waals surface area contributed by atoms with Crippen LogP contribution in [0, 0.1) is 5.92 Å². The summed E-state index contributed by atoms with van der Waals surface area (Å²) in [4.78, 5) is 47.1. The normalized spacial score (nSPS) is 15.1. The molecule has 0 aromatic carbocycles. The van der Waals surface area contributed by atoms with Crippen molar-refractivity contribution in [2.24, 2.45) is 11.7 Å². The number of aliphatic hydroxyl groups is 1. The second kappa shape index (κ2) is 13.3. The van der Waals surface area contributed by atoms with Gasteiger partial charge in [0.25, 0.3) is 0 Å². The van der Waals surface area contributed by atoms with Crippen molar-refractivity contribution in [3.63, 3.8) is 0 Å². The number of carboxylic acid groups (broad SMARTS) is 1. The van der Waals surface area contributed by atoms with Crippen LogP contribution < -0.4 is 21.7 Å². The van der Waals surface area contributed by atoms with Crippen molar-refractivity contribution in [1.29, 1.82) is 0 Å². The van der Waals surface area contributed by atoms with Crippen LogP contribution >= 0.6 is 11.8 Å². The lowest BCUT2D eigenvalue weighted by Crippen LogP contribution is -2.55. The average Bonchev–Trinajstić information content (AvgIpc) is 2.65. The van der Waals surface area contributed by atoms with Crippen LogP contribution in [-0.2, 0) is 19.2 Å². The maximum absolute atomic E-state index is 12.4. The molecule has 0 aliphatic rings. The minimum absolute atomic E-state index is 0.200. The average molecular weight is 407 g/mol. The molecule has 4 atom stereocenters. The fraction of sp³-hybridized carbons (Fsp3) is 0.750. The Morgan fingerprint density at radius 3 is 2.26 bits per heavy atom. The molecule has 11 heteroatoms. The number of nitrogens with two attached hydrogens (primary N) is 1. The lowest BCUT2D eigenvalue weighted by atomic mass is 9.97. The Kier molecular flexibility index (Phi) is 12.4. The van der Waals surface area contributed by atoms with Crippen molar-refractivity contribution in [3.05, 3.63) is 0 Å². The molecule has 0 fully saturated rings. The number of hydrogen-bond donors (Lipinski definition) is 6. The maximum atomic E-state index is 12.4. The third-order valence-corrected chi connectivity index (χ3v) is 4.65. The van der Waals surface area contributed by atoms with Gasteiger partial charge in [-0.25, -0.2) is 4.79 Å². The number of rotatable bonds is 13. The fourth-order valence-electron chi connectivity index (χ4n) is 2.05. The van der Waals surface area contributed by atoms with E-state index in [2.05, 4.69) is 16.0 Å². The fourth-order valence-corrected chi connectivity index (χ4v) is 2.54. The maximum Gasteiger partial charge on any atom is 0.328 e. The number of carboxylic acids is 1. The molecule has 0 radical (unpaired) electrons. The number of aliphatic carboxylic acids is 1. The van der Waals surface area contributed by atoms with E-state index >= 15 is 0 Å². The molecule has 156 valence electrons. The first-order valence-electron chi connectivity index (χ1n) is 8.63. The predicted molar refractivity (Wildman–Crippen MR) is 102 cm³/mol. The zero-order valence-electron chi connectivity index (χ0n) is 15.9. The molecule has 0 aliphatic carbocycles. The minimum atomic E-state index is -1.45. The molecule has 0 saturated heterocycles. The smallest absolute Gasteiger partial charge is 0.328 e. The van der Waals surface area contributed by atoms with Crippen molar-refractivity contribution in [2.75, 3.05) is 25.2 Å². The van der Waals surface area contributed by atoms with Crippen LogP contribution in [0.3, 0.4) is 0 Å². The Balaban J connectivity index is 4.77. The monoisotopic (exact) mass is 406 g/mol. The van der Waals surface area contributed by atoms with E-state index in [9.17, 15) is 19.2 Å². The number of amides is 3. The lowest BCUT2D eigenvalue weighted by Gasteiger charge is -2.25. The molecule has 0 saturated carbocycles. The van der Waals surface area contributed by atoms with Gasteiger partial charge in [0.2, 0.25) is 17.7 Å². The first-order chi connectivity index (χ1) is 12.7. The van der Waals surface area contributed by atoms with Crippen molar-refractivity contribution in [2.45, 2.75) is 44.8 Å². The highest BCUT2D eigenvalue weighted by Crippen LogP contribution is 2.09. The van der Waals surface area contributed by atoms with Crippen molar-refractivity contribution in [1.82, 2.24) is 16.0 Å². The molecule has 0 bridgehead atoms. The summed E-state index contributed by atoms with van der Waals surface area (Å²) in [6.07, 6.45) is 2.98. The number of carbonyl (C=O) groups excluding carboxylic acids is 3. The zero-order valence-corrected chi connectivity index (χ0v) is 16.7. The molecule has 0 aromatic heterocycles. The summed E-state index contributed by atoms with van der Waals surface area (Å²) in [5.41, 5.74) is 5.81. The quantitative estimate of drug-likeness (QED) is 0.210. The highest BCUT2D eigenvalue weighted by Gasteiger charge is 2.28. The van der Waals surface area contributed by atoms with Gasteiger partial charge >= 0.3 is 5.97 Å². The van der Waals surface area contributed by atoms with Gasteiger partial charge in [0, 0.05) is 0 Å². The van der Waals surface area contributed by atoms with E-state index < -0.39 is 55.0 Å². The summed E-state index contributed by atoms with van der Waals surface area (Å²) in [5.74, 6) is -2.66. The largest absolute Gasteiger partial charge is 0.480 e. The van der Waals surface area contributed by atoms with E-state index in [1.807, 2.05) is 13.2 Å². The van der Waals surface area contributed by atoms with Gasteiger partial charge in [-0.2, -0.15) is 11.8 Å².